The summed E-state index contributed by atoms with van der Waals surface area (Å²) in [6.07, 6.45) is 0. The van der Waals surface area contributed by atoms with E-state index in [0.29, 0.717) is 0 Å². The molecule has 140 valence electrons. The largest absolute Gasteiger partial charge is 0.310 e. The van der Waals surface area contributed by atoms with Crippen LogP contribution in [0.4, 0.5) is 11.4 Å². The number of benzene rings is 5. The van der Waals surface area contributed by atoms with E-state index in [1.807, 2.05) is 0 Å². The van der Waals surface area contributed by atoms with Crippen molar-refractivity contribution in [3.8, 4) is 22.3 Å². The van der Waals surface area contributed by atoms with Gasteiger partial charge in [0, 0.05) is 21.7 Å². The molecule has 0 fully saturated rings. The molecule has 1 nitrogen and oxygen atoms in total. The first-order chi connectivity index (χ1) is 14.9. The molecule has 0 spiro atoms. The first-order valence-corrected chi connectivity index (χ1v) is 11.6. The smallest absolute Gasteiger partial charge is 0.0611 e. The molecule has 30 heavy (non-hydrogen) atoms. The van der Waals surface area contributed by atoms with Crippen LogP contribution in [0.5, 0.6) is 0 Å². The fourth-order valence-electron chi connectivity index (χ4n) is 4.97. The number of hydrogen-bond acceptors (Lipinski definition) is 1. The number of rotatable bonds is 0. The number of hydrogen-bond donors (Lipinski definition) is 0. The lowest BCUT2D eigenvalue weighted by atomic mass is 9.97. The summed E-state index contributed by atoms with van der Waals surface area (Å²) in [6.45, 7) is 0. The first kappa shape index (κ1) is 16.4. The van der Waals surface area contributed by atoms with Gasteiger partial charge in [-0.15, -0.1) is 0 Å². The van der Waals surface area contributed by atoms with E-state index in [2.05, 4.69) is 114 Å². The molecule has 2 aliphatic heterocycles. The zero-order chi connectivity index (χ0) is 19.7. The predicted molar refractivity (Wildman–Crippen MR) is 130 cm³/mol. The van der Waals surface area contributed by atoms with Crippen molar-refractivity contribution in [2.75, 3.05) is 4.67 Å². The van der Waals surface area contributed by atoms with Crippen molar-refractivity contribution in [1.82, 2.24) is 0 Å². The molecule has 0 amide bonds. The van der Waals surface area contributed by atoms with E-state index >= 15 is 0 Å². The van der Waals surface area contributed by atoms with Gasteiger partial charge in [-0.05, 0) is 40.1 Å². The van der Waals surface area contributed by atoms with Gasteiger partial charge in [0.05, 0.1) is 19.4 Å². The number of nitrogens with zero attached hydrogens (tertiary/aromatic N) is 1. The summed E-state index contributed by atoms with van der Waals surface area (Å²) in [4.78, 5) is 0. The molecule has 1 unspecified atom stereocenters. The van der Waals surface area contributed by atoms with E-state index in [4.69, 9.17) is 0 Å². The first-order valence-electron chi connectivity index (χ1n) is 10.3. The minimum absolute atomic E-state index is 0.673. The van der Waals surface area contributed by atoms with E-state index in [1.54, 1.807) is 0 Å². The van der Waals surface area contributed by atoms with Gasteiger partial charge in [-0.1, -0.05) is 91.0 Å². The summed E-state index contributed by atoms with van der Waals surface area (Å²) in [6, 6.07) is 40.3. The summed E-state index contributed by atoms with van der Waals surface area (Å²) in [7, 11) is -0.673. The minimum atomic E-state index is -0.673. The molecular formula is C28H18NP. The van der Waals surface area contributed by atoms with Crippen molar-refractivity contribution in [3.63, 3.8) is 0 Å². The summed E-state index contributed by atoms with van der Waals surface area (Å²) in [5, 5.41) is 5.47. The SMILES string of the molecule is c1ccc2c(c1)-c1ccccc1P1c3ccccc3-c3cc4ccccc4cc3N21. The van der Waals surface area contributed by atoms with E-state index in [1.165, 1.54) is 55.0 Å². The van der Waals surface area contributed by atoms with Crippen LogP contribution in [-0.2, 0) is 0 Å². The third-order valence-corrected chi connectivity index (χ3v) is 8.79. The molecule has 0 aromatic heterocycles. The van der Waals surface area contributed by atoms with Gasteiger partial charge in [0.1, 0.15) is 0 Å². The molecule has 0 aliphatic carbocycles. The van der Waals surface area contributed by atoms with E-state index in [0.717, 1.165) is 0 Å². The van der Waals surface area contributed by atoms with Crippen LogP contribution in [0.25, 0.3) is 33.0 Å². The van der Waals surface area contributed by atoms with Gasteiger partial charge in [-0.3, -0.25) is 0 Å². The summed E-state index contributed by atoms with van der Waals surface area (Å²) >= 11 is 0. The lowest BCUT2D eigenvalue weighted by molar-refractivity contribution is 1.39. The van der Waals surface area contributed by atoms with Crippen LogP contribution < -0.4 is 15.3 Å². The molecular weight excluding hydrogens is 381 g/mol. The maximum atomic E-state index is 2.62. The zero-order valence-corrected chi connectivity index (χ0v) is 17.2. The van der Waals surface area contributed by atoms with Gasteiger partial charge in [0.15, 0.2) is 0 Å². The minimum Gasteiger partial charge on any atom is -0.310 e. The highest BCUT2D eigenvalue weighted by atomic mass is 31.1. The topological polar surface area (TPSA) is 3.24 Å². The predicted octanol–water partition coefficient (Wildman–Crippen LogP) is 6.99. The zero-order valence-electron chi connectivity index (χ0n) is 16.3. The number of para-hydroxylation sites is 1. The Morgan fingerprint density at radius 1 is 0.433 bits per heavy atom. The second kappa shape index (κ2) is 6.05. The molecule has 0 bridgehead atoms. The normalized spacial score (nSPS) is 15.6. The fraction of sp³-hybridized carbons (Fsp3) is 0. The number of fused-ring (bicyclic) bond motifs is 12. The summed E-state index contributed by atoms with van der Waals surface area (Å²) in [5.74, 6) is 0. The van der Waals surface area contributed by atoms with Crippen molar-refractivity contribution in [2.24, 2.45) is 0 Å². The Hall–Kier alpha value is -3.41. The molecule has 2 heterocycles. The van der Waals surface area contributed by atoms with Crippen LogP contribution >= 0.6 is 8.07 Å². The molecule has 0 radical (unpaired) electrons. The molecule has 0 N–H and O–H groups in total. The Bertz CT molecular complexity index is 1470. The molecule has 5 aromatic rings. The molecule has 0 saturated carbocycles. The highest BCUT2D eigenvalue weighted by Crippen LogP contribution is 2.61. The van der Waals surface area contributed by atoms with E-state index in [9.17, 15) is 0 Å². The number of anilines is 2. The van der Waals surface area contributed by atoms with Gasteiger partial charge in [-0.25, -0.2) is 0 Å². The van der Waals surface area contributed by atoms with E-state index in [-0.39, 0.29) is 0 Å². The fourth-order valence-corrected chi connectivity index (χ4v) is 7.73. The maximum Gasteiger partial charge on any atom is 0.0611 e. The van der Waals surface area contributed by atoms with E-state index < -0.39 is 8.07 Å². The summed E-state index contributed by atoms with van der Waals surface area (Å²) < 4.78 is 2.62. The lowest BCUT2D eigenvalue weighted by Crippen LogP contribution is -2.33. The molecule has 0 saturated heterocycles. The Labute approximate surface area is 177 Å². The van der Waals surface area contributed by atoms with Crippen molar-refractivity contribution < 1.29 is 0 Å². The standard InChI is InChI=1S/C28H18NP/c1-2-10-20-18-26-24(17-19(20)9-1)23-13-5-8-16-28(23)30-27-15-7-4-12-22(27)21-11-3-6-14-25(21)29(26)30/h1-18H. The Morgan fingerprint density at radius 2 is 0.967 bits per heavy atom. The molecule has 5 aromatic carbocycles. The van der Waals surface area contributed by atoms with Crippen molar-refractivity contribution >= 4 is 40.8 Å². The van der Waals surface area contributed by atoms with Gasteiger partial charge in [0.25, 0.3) is 0 Å². The average Bonchev–Trinajstić information content (AvgIpc) is 2.82. The van der Waals surface area contributed by atoms with Crippen LogP contribution in [0.1, 0.15) is 0 Å². The van der Waals surface area contributed by atoms with Gasteiger partial charge in [0.2, 0.25) is 0 Å². The molecule has 2 heteroatoms. The van der Waals surface area contributed by atoms with Gasteiger partial charge >= 0.3 is 0 Å². The average molecular weight is 399 g/mol. The van der Waals surface area contributed by atoms with Gasteiger partial charge < -0.3 is 4.67 Å². The second-order valence-corrected chi connectivity index (χ2v) is 9.88. The third kappa shape index (κ3) is 2.11. The highest BCUT2D eigenvalue weighted by Gasteiger charge is 2.38. The van der Waals surface area contributed by atoms with Crippen molar-refractivity contribution in [3.05, 3.63) is 109 Å². The van der Waals surface area contributed by atoms with Crippen LogP contribution in [0, 0.1) is 0 Å². The van der Waals surface area contributed by atoms with Gasteiger partial charge in [-0.2, -0.15) is 0 Å². The maximum absolute atomic E-state index is 2.62. The van der Waals surface area contributed by atoms with Crippen molar-refractivity contribution in [2.45, 2.75) is 0 Å². The van der Waals surface area contributed by atoms with Crippen LogP contribution in [0.15, 0.2) is 109 Å². The summed E-state index contributed by atoms with van der Waals surface area (Å²) in [5.41, 5.74) is 8.03. The lowest BCUT2D eigenvalue weighted by Gasteiger charge is -2.44. The third-order valence-electron chi connectivity index (χ3n) is 6.27. The quantitative estimate of drug-likeness (QED) is 0.254. The molecule has 1 atom stereocenters. The van der Waals surface area contributed by atoms with Crippen LogP contribution in [-0.4, -0.2) is 0 Å². The molecule has 2 aliphatic rings. The van der Waals surface area contributed by atoms with Crippen LogP contribution in [0.3, 0.4) is 0 Å². The van der Waals surface area contributed by atoms with Crippen LogP contribution in [0.2, 0.25) is 0 Å². The Morgan fingerprint density at radius 3 is 1.70 bits per heavy atom. The highest BCUT2D eigenvalue weighted by molar-refractivity contribution is 7.75. The second-order valence-electron chi connectivity index (χ2n) is 7.89. The Kier molecular flexibility index (Phi) is 3.30. The Balaban J connectivity index is 1.65. The van der Waals surface area contributed by atoms with Crippen molar-refractivity contribution in [1.29, 1.82) is 0 Å². The monoisotopic (exact) mass is 399 g/mol. The molecule has 7 rings (SSSR count).